The molecular formula is C26H30O4. The van der Waals surface area contributed by atoms with Gasteiger partial charge in [0.1, 0.15) is 11.5 Å². The molecule has 0 N–H and O–H groups in total. The van der Waals surface area contributed by atoms with Crippen molar-refractivity contribution in [1.29, 1.82) is 0 Å². The fraction of sp³-hybridized carbons (Fsp3) is 0.423. The van der Waals surface area contributed by atoms with Crippen molar-refractivity contribution < 1.29 is 19.0 Å². The van der Waals surface area contributed by atoms with Gasteiger partial charge in [-0.15, -0.1) is 0 Å². The van der Waals surface area contributed by atoms with Crippen LogP contribution in [0.3, 0.4) is 0 Å². The molecule has 0 aromatic heterocycles. The lowest BCUT2D eigenvalue weighted by Crippen LogP contribution is -2.39. The zero-order valence-electron chi connectivity index (χ0n) is 17.6. The summed E-state index contributed by atoms with van der Waals surface area (Å²) in [4.78, 5) is 11.3. The van der Waals surface area contributed by atoms with Crippen LogP contribution in [0.5, 0.6) is 11.5 Å². The molecule has 0 spiro atoms. The number of fused-ring (bicyclic) bond motifs is 4. The summed E-state index contributed by atoms with van der Waals surface area (Å²) in [6, 6.07) is 18.3. The van der Waals surface area contributed by atoms with E-state index in [1.54, 1.807) is 0 Å². The Morgan fingerprint density at radius 3 is 2.63 bits per heavy atom. The molecule has 158 valence electrons. The van der Waals surface area contributed by atoms with E-state index in [-0.39, 0.29) is 17.0 Å². The molecule has 2 atom stereocenters. The summed E-state index contributed by atoms with van der Waals surface area (Å²) in [5, 5.41) is 0. The zero-order chi connectivity index (χ0) is 20.9. The van der Waals surface area contributed by atoms with Crippen LogP contribution in [-0.4, -0.2) is 19.7 Å². The van der Waals surface area contributed by atoms with Crippen molar-refractivity contribution in [2.24, 2.45) is 5.41 Å². The normalized spacial score (nSPS) is 25.8. The van der Waals surface area contributed by atoms with Gasteiger partial charge in [-0.1, -0.05) is 36.4 Å². The third kappa shape index (κ3) is 4.59. The van der Waals surface area contributed by atoms with E-state index in [1.807, 2.05) is 42.5 Å². The van der Waals surface area contributed by atoms with E-state index in [9.17, 15) is 4.79 Å². The number of hydrogen-bond donors (Lipinski definition) is 0. The average molecular weight is 407 g/mol. The maximum Gasteiger partial charge on any atom is 0.330 e. The van der Waals surface area contributed by atoms with Gasteiger partial charge in [-0.25, -0.2) is 4.79 Å². The number of esters is 1. The number of para-hydroxylation sites is 1. The molecule has 2 unspecified atom stereocenters. The minimum Gasteiger partial charge on any atom is -0.466 e. The molecule has 30 heavy (non-hydrogen) atoms. The van der Waals surface area contributed by atoms with E-state index >= 15 is 0 Å². The van der Waals surface area contributed by atoms with Gasteiger partial charge in [-0.3, -0.25) is 0 Å². The summed E-state index contributed by atoms with van der Waals surface area (Å²) < 4.78 is 17.3. The van der Waals surface area contributed by atoms with Crippen LogP contribution in [0.15, 0.2) is 66.7 Å². The van der Waals surface area contributed by atoms with E-state index in [4.69, 9.17) is 9.47 Å². The van der Waals surface area contributed by atoms with Gasteiger partial charge in [-0.2, -0.15) is 0 Å². The largest absolute Gasteiger partial charge is 0.466 e. The SMILES string of the molecule is COC(=O)C=CCCC12CCCC(c3cccc(Oc4ccccc4)c3)(CC1)OC2. The standard InChI is InChI=1S/C26H30O4/c1-28-24(27)13-5-6-14-25-15-8-16-26(18-17-25,29-20-25)21-9-7-12-23(19-21)30-22-10-3-2-4-11-22/h2-5,7,9-13,19H,6,8,14-18,20H2,1H3. The Hall–Kier alpha value is -2.59. The van der Waals surface area contributed by atoms with E-state index in [0.717, 1.165) is 56.6 Å². The molecule has 4 heteroatoms. The molecule has 3 aliphatic rings. The summed E-state index contributed by atoms with van der Waals surface area (Å²) in [6.07, 6.45) is 11.0. The number of methoxy groups -OCH3 is 1. The Morgan fingerprint density at radius 2 is 1.87 bits per heavy atom. The van der Waals surface area contributed by atoms with Gasteiger partial charge in [-0.05, 0) is 80.2 Å². The Labute approximate surface area is 178 Å². The van der Waals surface area contributed by atoms with Crippen molar-refractivity contribution in [3.63, 3.8) is 0 Å². The van der Waals surface area contributed by atoms with Gasteiger partial charge >= 0.3 is 5.97 Å². The highest BCUT2D eigenvalue weighted by molar-refractivity contribution is 5.81. The lowest BCUT2D eigenvalue weighted by Gasteiger charge is -2.43. The first-order valence-corrected chi connectivity index (χ1v) is 10.9. The van der Waals surface area contributed by atoms with Crippen LogP contribution in [0.1, 0.15) is 50.5 Å². The number of allylic oxidation sites excluding steroid dienone is 1. The molecule has 2 heterocycles. The molecule has 3 fully saturated rings. The lowest BCUT2D eigenvalue weighted by atomic mass is 9.74. The van der Waals surface area contributed by atoms with Crippen LogP contribution in [0.25, 0.3) is 0 Å². The van der Waals surface area contributed by atoms with Gasteiger partial charge in [0.15, 0.2) is 0 Å². The average Bonchev–Trinajstić information content (AvgIpc) is 3.09. The highest BCUT2D eigenvalue weighted by Crippen LogP contribution is 2.53. The zero-order valence-corrected chi connectivity index (χ0v) is 17.6. The number of hydrogen-bond acceptors (Lipinski definition) is 4. The molecule has 2 aliphatic heterocycles. The number of carbonyl (C=O) groups is 1. The molecule has 0 radical (unpaired) electrons. The Bertz CT molecular complexity index is 879. The van der Waals surface area contributed by atoms with Gasteiger partial charge in [0.25, 0.3) is 0 Å². The Balaban J connectivity index is 1.44. The summed E-state index contributed by atoms with van der Waals surface area (Å²) in [7, 11) is 1.41. The third-order valence-corrected chi connectivity index (χ3v) is 6.64. The Morgan fingerprint density at radius 1 is 1.03 bits per heavy atom. The first-order valence-electron chi connectivity index (χ1n) is 10.9. The van der Waals surface area contributed by atoms with E-state index in [1.165, 1.54) is 25.2 Å². The maximum absolute atomic E-state index is 11.3. The van der Waals surface area contributed by atoms with Crippen molar-refractivity contribution in [3.05, 3.63) is 72.3 Å². The summed E-state index contributed by atoms with van der Waals surface area (Å²) in [5.74, 6) is 1.41. The monoisotopic (exact) mass is 406 g/mol. The lowest BCUT2D eigenvalue weighted by molar-refractivity contribution is -0.134. The Kier molecular flexibility index (Phi) is 6.24. The van der Waals surface area contributed by atoms with E-state index < -0.39 is 0 Å². The highest BCUT2D eigenvalue weighted by atomic mass is 16.5. The molecule has 0 amide bonds. The van der Waals surface area contributed by atoms with Crippen LogP contribution >= 0.6 is 0 Å². The summed E-state index contributed by atoms with van der Waals surface area (Å²) in [5.41, 5.74) is 1.23. The predicted molar refractivity (Wildman–Crippen MR) is 116 cm³/mol. The molecule has 2 saturated heterocycles. The first-order chi connectivity index (χ1) is 14.6. The summed E-state index contributed by atoms with van der Waals surface area (Å²) in [6.45, 7) is 0.781. The number of rotatable bonds is 7. The fourth-order valence-corrected chi connectivity index (χ4v) is 4.84. The molecule has 1 saturated carbocycles. The van der Waals surface area contributed by atoms with Crippen LogP contribution < -0.4 is 4.74 Å². The van der Waals surface area contributed by atoms with Crippen molar-refractivity contribution in [3.8, 4) is 11.5 Å². The molecule has 2 aromatic rings. The van der Waals surface area contributed by atoms with Crippen LogP contribution in [-0.2, 0) is 19.9 Å². The second kappa shape index (κ2) is 9.05. The minimum absolute atomic E-state index is 0.210. The molecule has 1 aliphatic carbocycles. The third-order valence-electron chi connectivity index (χ3n) is 6.64. The van der Waals surface area contributed by atoms with E-state index in [2.05, 4.69) is 22.9 Å². The number of carbonyl (C=O) groups excluding carboxylic acids is 1. The predicted octanol–water partition coefficient (Wildman–Crippen LogP) is 6.16. The molecule has 4 nitrogen and oxygen atoms in total. The van der Waals surface area contributed by atoms with Crippen molar-refractivity contribution in [2.45, 2.75) is 50.5 Å². The van der Waals surface area contributed by atoms with E-state index in [0.29, 0.717) is 0 Å². The summed E-state index contributed by atoms with van der Waals surface area (Å²) >= 11 is 0. The van der Waals surface area contributed by atoms with Gasteiger partial charge < -0.3 is 14.2 Å². The molecule has 2 bridgehead atoms. The van der Waals surface area contributed by atoms with Crippen LogP contribution in [0, 0.1) is 5.41 Å². The second-order valence-electron chi connectivity index (χ2n) is 8.54. The second-order valence-corrected chi connectivity index (χ2v) is 8.54. The van der Waals surface area contributed by atoms with Gasteiger partial charge in [0, 0.05) is 6.08 Å². The fourth-order valence-electron chi connectivity index (χ4n) is 4.84. The molecular weight excluding hydrogens is 376 g/mol. The topological polar surface area (TPSA) is 44.8 Å². The smallest absolute Gasteiger partial charge is 0.330 e. The minimum atomic E-state index is -0.287. The van der Waals surface area contributed by atoms with Crippen molar-refractivity contribution in [1.82, 2.24) is 0 Å². The first kappa shape index (κ1) is 20.7. The van der Waals surface area contributed by atoms with Gasteiger partial charge in [0.2, 0.25) is 0 Å². The molecule has 5 rings (SSSR count). The van der Waals surface area contributed by atoms with Crippen molar-refractivity contribution >= 4 is 5.97 Å². The quantitative estimate of drug-likeness (QED) is 0.408. The van der Waals surface area contributed by atoms with Crippen LogP contribution in [0.2, 0.25) is 0 Å². The van der Waals surface area contributed by atoms with Gasteiger partial charge in [0.05, 0.1) is 19.3 Å². The number of ether oxygens (including phenoxy) is 3. The van der Waals surface area contributed by atoms with Crippen molar-refractivity contribution in [2.75, 3.05) is 13.7 Å². The maximum atomic E-state index is 11.3. The van der Waals surface area contributed by atoms with Crippen LogP contribution in [0.4, 0.5) is 0 Å². The molecule has 2 aromatic carbocycles. The number of benzene rings is 2. The highest BCUT2D eigenvalue weighted by Gasteiger charge is 2.47.